The molecule has 0 amide bonds. The third-order valence-corrected chi connectivity index (χ3v) is 3.94. The number of benzene rings is 1. The molecule has 1 aliphatic heterocycles. The van der Waals surface area contributed by atoms with Gasteiger partial charge in [-0.3, -0.25) is 0 Å². The van der Waals surface area contributed by atoms with Crippen molar-refractivity contribution in [3.8, 4) is 5.75 Å². The average Bonchev–Trinajstić information content (AvgIpc) is 2.41. The quantitative estimate of drug-likeness (QED) is 0.873. The van der Waals surface area contributed by atoms with Crippen molar-refractivity contribution in [1.29, 1.82) is 0 Å². The highest BCUT2D eigenvalue weighted by Gasteiger charge is 2.31. The summed E-state index contributed by atoms with van der Waals surface area (Å²) in [7, 11) is 0. The Morgan fingerprint density at radius 1 is 1.35 bits per heavy atom. The molecule has 1 heterocycles. The molecular weight excluding hydrogens is 250 g/mol. The van der Waals surface area contributed by atoms with E-state index in [9.17, 15) is 0 Å². The fraction of sp³-hybridized carbons (Fsp3) is 0.647. The molecule has 0 aromatic heterocycles. The van der Waals surface area contributed by atoms with Gasteiger partial charge in [0.05, 0.1) is 11.7 Å². The Morgan fingerprint density at radius 2 is 2.05 bits per heavy atom. The predicted molar refractivity (Wildman–Crippen MR) is 83.5 cm³/mol. The van der Waals surface area contributed by atoms with Crippen LogP contribution in [0.1, 0.15) is 47.0 Å². The third-order valence-electron chi connectivity index (χ3n) is 3.94. The summed E-state index contributed by atoms with van der Waals surface area (Å²) >= 11 is 0. The maximum atomic E-state index is 5.89. The van der Waals surface area contributed by atoms with Crippen LogP contribution in [-0.2, 0) is 4.74 Å². The van der Waals surface area contributed by atoms with Gasteiger partial charge in [0, 0.05) is 18.3 Å². The van der Waals surface area contributed by atoms with E-state index in [-0.39, 0.29) is 11.7 Å². The fourth-order valence-corrected chi connectivity index (χ4v) is 2.64. The second-order valence-corrected chi connectivity index (χ2v) is 6.18. The Kier molecular flexibility index (Phi) is 4.92. The molecule has 1 aliphatic rings. The van der Waals surface area contributed by atoms with Crippen LogP contribution < -0.4 is 10.1 Å². The van der Waals surface area contributed by atoms with Crippen molar-refractivity contribution in [3.63, 3.8) is 0 Å². The van der Waals surface area contributed by atoms with E-state index in [1.165, 1.54) is 0 Å². The molecule has 1 saturated heterocycles. The first kappa shape index (κ1) is 15.2. The summed E-state index contributed by atoms with van der Waals surface area (Å²) in [6.45, 7) is 9.33. The van der Waals surface area contributed by atoms with Crippen LogP contribution in [0.2, 0.25) is 0 Å². The maximum Gasteiger partial charge on any atom is 0.119 e. The molecule has 1 fully saturated rings. The molecule has 0 radical (unpaired) electrons. The van der Waals surface area contributed by atoms with E-state index in [0.717, 1.165) is 37.3 Å². The monoisotopic (exact) mass is 277 g/mol. The van der Waals surface area contributed by atoms with Crippen molar-refractivity contribution in [2.75, 3.05) is 11.9 Å². The molecule has 0 aliphatic carbocycles. The van der Waals surface area contributed by atoms with Crippen molar-refractivity contribution in [1.82, 2.24) is 0 Å². The summed E-state index contributed by atoms with van der Waals surface area (Å²) in [5, 5.41) is 3.62. The van der Waals surface area contributed by atoms with Crippen molar-refractivity contribution < 1.29 is 9.47 Å². The molecule has 2 atom stereocenters. The predicted octanol–water partition coefficient (Wildman–Crippen LogP) is 4.23. The number of ether oxygens (including phenoxy) is 2. The van der Waals surface area contributed by atoms with E-state index in [0.29, 0.717) is 6.04 Å². The van der Waals surface area contributed by atoms with Gasteiger partial charge in [-0.2, -0.15) is 0 Å². The van der Waals surface area contributed by atoms with Crippen molar-refractivity contribution in [3.05, 3.63) is 24.3 Å². The molecular formula is C17H27NO2. The second kappa shape index (κ2) is 6.49. The lowest BCUT2D eigenvalue weighted by Gasteiger charge is -2.38. The standard InChI is InChI=1S/C17H27NO2/c1-5-17(4)12-15(10-11-19-17)18-14-6-8-16(9-7-14)20-13(2)3/h6-9,13,15,18H,5,10-12H2,1-4H3. The Hall–Kier alpha value is -1.22. The number of anilines is 1. The van der Waals surface area contributed by atoms with Gasteiger partial charge in [0.25, 0.3) is 0 Å². The van der Waals surface area contributed by atoms with E-state index in [2.05, 4.69) is 31.3 Å². The van der Waals surface area contributed by atoms with Crippen molar-refractivity contribution in [2.24, 2.45) is 0 Å². The second-order valence-electron chi connectivity index (χ2n) is 6.18. The summed E-state index contributed by atoms with van der Waals surface area (Å²) in [6.07, 6.45) is 3.41. The zero-order chi connectivity index (χ0) is 14.6. The highest BCUT2D eigenvalue weighted by molar-refractivity contribution is 5.47. The molecule has 0 saturated carbocycles. The minimum atomic E-state index is 0.0244. The first-order valence-electron chi connectivity index (χ1n) is 7.68. The van der Waals surface area contributed by atoms with Gasteiger partial charge in [0.2, 0.25) is 0 Å². The number of hydrogen-bond donors (Lipinski definition) is 1. The summed E-state index contributed by atoms with van der Waals surface area (Å²) in [6, 6.07) is 8.74. The summed E-state index contributed by atoms with van der Waals surface area (Å²) in [5.41, 5.74) is 1.18. The molecule has 0 spiro atoms. The van der Waals surface area contributed by atoms with Gasteiger partial charge in [-0.15, -0.1) is 0 Å². The van der Waals surface area contributed by atoms with Crippen LogP contribution in [0, 0.1) is 0 Å². The third kappa shape index (κ3) is 4.14. The molecule has 1 aromatic carbocycles. The van der Waals surface area contributed by atoms with Crippen LogP contribution >= 0.6 is 0 Å². The number of rotatable bonds is 5. The summed E-state index contributed by atoms with van der Waals surface area (Å²) in [5.74, 6) is 0.927. The van der Waals surface area contributed by atoms with E-state index in [1.807, 2.05) is 26.0 Å². The van der Waals surface area contributed by atoms with Gasteiger partial charge in [-0.05, 0) is 64.3 Å². The van der Waals surface area contributed by atoms with E-state index < -0.39 is 0 Å². The van der Waals surface area contributed by atoms with Crippen molar-refractivity contribution >= 4 is 5.69 Å². The Labute approximate surface area is 122 Å². The lowest BCUT2D eigenvalue weighted by atomic mass is 9.90. The first-order valence-corrected chi connectivity index (χ1v) is 7.68. The molecule has 1 aromatic rings. The average molecular weight is 277 g/mol. The molecule has 3 heteroatoms. The molecule has 1 N–H and O–H groups in total. The molecule has 2 rings (SSSR count). The van der Waals surface area contributed by atoms with Gasteiger partial charge >= 0.3 is 0 Å². The summed E-state index contributed by atoms with van der Waals surface area (Å²) < 4.78 is 11.5. The SMILES string of the molecule is CCC1(C)CC(Nc2ccc(OC(C)C)cc2)CCO1. The Morgan fingerprint density at radius 3 is 2.65 bits per heavy atom. The molecule has 112 valence electrons. The maximum absolute atomic E-state index is 5.89. The first-order chi connectivity index (χ1) is 9.50. The van der Waals surface area contributed by atoms with E-state index >= 15 is 0 Å². The zero-order valence-electron chi connectivity index (χ0n) is 13.1. The van der Waals surface area contributed by atoms with Crippen LogP contribution in [0.3, 0.4) is 0 Å². The largest absolute Gasteiger partial charge is 0.491 e. The van der Waals surface area contributed by atoms with E-state index in [1.54, 1.807) is 0 Å². The van der Waals surface area contributed by atoms with Crippen LogP contribution in [0.15, 0.2) is 24.3 Å². The number of hydrogen-bond acceptors (Lipinski definition) is 3. The van der Waals surface area contributed by atoms with Crippen molar-refractivity contribution in [2.45, 2.75) is 64.7 Å². The van der Waals surface area contributed by atoms with E-state index in [4.69, 9.17) is 9.47 Å². The molecule has 0 bridgehead atoms. The van der Waals surface area contributed by atoms with Crippen LogP contribution in [0.5, 0.6) is 5.75 Å². The lowest BCUT2D eigenvalue weighted by Crippen LogP contribution is -2.41. The topological polar surface area (TPSA) is 30.5 Å². The number of nitrogens with one attached hydrogen (secondary N) is 1. The summed E-state index contributed by atoms with van der Waals surface area (Å²) in [4.78, 5) is 0. The minimum Gasteiger partial charge on any atom is -0.491 e. The molecule has 20 heavy (non-hydrogen) atoms. The fourth-order valence-electron chi connectivity index (χ4n) is 2.64. The Balaban J connectivity index is 1.93. The normalized spacial score (nSPS) is 26.6. The minimum absolute atomic E-state index is 0.0244. The van der Waals surface area contributed by atoms with Crippen LogP contribution in [-0.4, -0.2) is 24.4 Å². The molecule has 2 unspecified atom stereocenters. The zero-order valence-corrected chi connectivity index (χ0v) is 13.1. The van der Waals surface area contributed by atoms with Crippen LogP contribution in [0.4, 0.5) is 5.69 Å². The lowest BCUT2D eigenvalue weighted by molar-refractivity contribution is -0.0708. The van der Waals surface area contributed by atoms with Gasteiger partial charge in [0.15, 0.2) is 0 Å². The molecule has 3 nitrogen and oxygen atoms in total. The van der Waals surface area contributed by atoms with Gasteiger partial charge < -0.3 is 14.8 Å². The highest BCUT2D eigenvalue weighted by Crippen LogP contribution is 2.29. The smallest absolute Gasteiger partial charge is 0.119 e. The Bertz CT molecular complexity index is 416. The van der Waals surface area contributed by atoms with Gasteiger partial charge in [0.1, 0.15) is 5.75 Å². The van der Waals surface area contributed by atoms with Crippen LogP contribution in [0.25, 0.3) is 0 Å². The van der Waals surface area contributed by atoms with Gasteiger partial charge in [-0.1, -0.05) is 6.92 Å². The van der Waals surface area contributed by atoms with Gasteiger partial charge in [-0.25, -0.2) is 0 Å². The highest BCUT2D eigenvalue weighted by atomic mass is 16.5.